The Kier molecular flexibility index (Phi) is 5.99. The smallest absolute Gasteiger partial charge is 0.322 e. The Bertz CT molecular complexity index is 1140. The summed E-state index contributed by atoms with van der Waals surface area (Å²) in [7, 11) is 4.08. The number of urea groups is 1. The Hall–Kier alpha value is -3.07. The lowest BCUT2D eigenvalue weighted by Gasteiger charge is -2.48. The molecule has 2 N–H and O–H groups in total. The van der Waals surface area contributed by atoms with Gasteiger partial charge in [-0.3, -0.25) is 14.6 Å². The number of halogens is 1. The highest BCUT2D eigenvalue weighted by Crippen LogP contribution is 2.46. The van der Waals surface area contributed by atoms with Crippen LogP contribution in [0.4, 0.5) is 14.9 Å². The number of rotatable bonds is 6. The Morgan fingerprint density at radius 1 is 1.26 bits per heavy atom. The average molecular weight is 481 g/mol. The number of anilines is 1. The normalized spacial score (nSPS) is 26.3. The molecule has 9 heteroatoms. The van der Waals surface area contributed by atoms with Crippen LogP contribution in [0.25, 0.3) is 0 Å². The van der Waals surface area contributed by atoms with E-state index in [0.29, 0.717) is 30.3 Å². The molecule has 2 aromatic rings. The second-order valence-corrected chi connectivity index (χ2v) is 10.5. The molecule has 3 amide bonds. The first kappa shape index (κ1) is 23.7. The highest BCUT2D eigenvalue weighted by molar-refractivity contribution is 5.95. The van der Waals surface area contributed by atoms with Crippen LogP contribution in [0.1, 0.15) is 55.6 Å². The van der Waals surface area contributed by atoms with Gasteiger partial charge in [0.05, 0.1) is 36.2 Å². The van der Waals surface area contributed by atoms with E-state index in [1.54, 1.807) is 23.2 Å². The molecule has 0 unspecified atom stereocenters. The Balaban J connectivity index is 1.28. The van der Waals surface area contributed by atoms with E-state index in [0.717, 1.165) is 44.1 Å². The molecule has 2 saturated carbocycles. The van der Waals surface area contributed by atoms with Crippen LogP contribution in [0.3, 0.4) is 0 Å². The third-order valence-corrected chi connectivity index (χ3v) is 7.99. The van der Waals surface area contributed by atoms with Crippen molar-refractivity contribution in [2.45, 2.75) is 63.1 Å². The van der Waals surface area contributed by atoms with Crippen LogP contribution in [0, 0.1) is 18.7 Å². The van der Waals surface area contributed by atoms with Crippen molar-refractivity contribution in [3.05, 3.63) is 53.4 Å². The fourth-order valence-corrected chi connectivity index (χ4v) is 5.62. The number of benzene rings is 1. The van der Waals surface area contributed by atoms with Crippen LogP contribution < -0.4 is 15.5 Å². The summed E-state index contributed by atoms with van der Waals surface area (Å²) in [4.78, 5) is 37.8. The predicted molar refractivity (Wildman–Crippen MR) is 130 cm³/mol. The number of aryl methyl sites for hydroxylation is 1. The number of hydrogen-bond donors (Lipinski definition) is 2. The molecular formula is C26H33FN6O2. The van der Waals surface area contributed by atoms with Crippen molar-refractivity contribution in [1.82, 2.24) is 25.5 Å². The molecule has 1 spiro atoms. The van der Waals surface area contributed by atoms with E-state index < -0.39 is 0 Å². The van der Waals surface area contributed by atoms with Crippen molar-refractivity contribution in [1.29, 1.82) is 0 Å². The molecule has 2 aliphatic carbocycles. The zero-order valence-corrected chi connectivity index (χ0v) is 20.6. The fourth-order valence-electron chi connectivity index (χ4n) is 5.62. The van der Waals surface area contributed by atoms with E-state index in [1.165, 1.54) is 6.07 Å². The van der Waals surface area contributed by atoms with Crippen molar-refractivity contribution in [3.8, 4) is 0 Å². The molecule has 5 rings (SSSR count). The average Bonchev–Trinajstić information content (AvgIpc) is 3.63. The number of amides is 3. The Morgan fingerprint density at radius 2 is 2.00 bits per heavy atom. The Morgan fingerprint density at radius 3 is 2.63 bits per heavy atom. The predicted octanol–water partition coefficient (Wildman–Crippen LogP) is 3.25. The summed E-state index contributed by atoms with van der Waals surface area (Å²) in [5.74, 6) is 0.511. The molecule has 0 radical (unpaired) electrons. The number of hydrogen-bond acceptors (Lipinski definition) is 5. The molecule has 1 aromatic heterocycles. The van der Waals surface area contributed by atoms with Gasteiger partial charge in [-0.25, -0.2) is 19.2 Å². The first-order valence-corrected chi connectivity index (χ1v) is 12.3. The lowest BCUT2D eigenvalue weighted by Crippen LogP contribution is -2.54. The molecule has 0 bridgehead atoms. The van der Waals surface area contributed by atoms with Gasteiger partial charge < -0.3 is 10.6 Å². The maximum Gasteiger partial charge on any atom is 0.322 e. The van der Waals surface area contributed by atoms with Gasteiger partial charge in [0.15, 0.2) is 0 Å². The van der Waals surface area contributed by atoms with Crippen LogP contribution in [0.2, 0.25) is 0 Å². The van der Waals surface area contributed by atoms with Gasteiger partial charge in [-0.15, -0.1) is 0 Å². The highest BCUT2D eigenvalue weighted by atomic mass is 19.1. The van der Waals surface area contributed by atoms with Gasteiger partial charge in [-0.05, 0) is 77.2 Å². The van der Waals surface area contributed by atoms with Gasteiger partial charge >= 0.3 is 6.03 Å². The molecule has 3 aliphatic rings. The van der Waals surface area contributed by atoms with Crippen molar-refractivity contribution < 1.29 is 14.0 Å². The second-order valence-electron chi connectivity index (χ2n) is 10.5. The number of nitrogens with one attached hydrogen (secondary N) is 2. The van der Waals surface area contributed by atoms with Gasteiger partial charge in [0.1, 0.15) is 11.6 Å². The van der Waals surface area contributed by atoms with Crippen LogP contribution >= 0.6 is 0 Å². The number of carbonyl (C=O) groups excluding carboxylic acids is 2. The van der Waals surface area contributed by atoms with Crippen LogP contribution in [0.15, 0.2) is 30.5 Å². The summed E-state index contributed by atoms with van der Waals surface area (Å²) in [6.07, 6.45) is 6.78. The summed E-state index contributed by atoms with van der Waals surface area (Å²) in [6, 6.07) is 6.73. The summed E-state index contributed by atoms with van der Waals surface area (Å²) in [5, 5.41) is 6.12. The summed E-state index contributed by atoms with van der Waals surface area (Å²) >= 11 is 0. The van der Waals surface area contributed by atoms with Gasteiger partial charge in [0.25, 0.3) is 0 Å². The molecule has 3 fully saturated rings. The number of carbonyl (C=O) groups is 2. The fraction of sp³-hybridized carbons (Fsp3) is 0.538. The van der Waals surface area contributed by atoms with Crippen LogP contribution in [-0.4, -0.2) is 53.0 Å². The van der Waals surface area contributed by atoms with Crippen molar-refractivity contribution in [2.75, 3.05) is 25.5 Å². The Labute approximate surface area is 205 Å². The molecular weight excluding hydrogens is 447 g/mol. The third kappa shape index (κ3) is 4.49. The van der Waals surface area contributed by atoms with Gasteiger partial charge in [-0.2, -0.15) is 0 Å². The number of aromatic nitrogens is 2. The molecule has 1 saturated heterocycles. The molecule has 8 nitrogen and oxygen atoms in total. The van der Waals surface area contributed by atoms with Gasteiger partial charge in [-0.1, -0.05) is 12.1 Å². The van der Waals surface area contributed by atoms with E-state index in [2.05, 4.69) is 25.5 Å². The minimum atomic E-state index is -0.340. The third-order valence-electron chi connectivity index (χ3n) is 7.99. The largest absolute Gasteiger partial charge is 0.349 e. The highest BCUT2D eigenvalue weighted by Gasteiger charge is 2.50. The lowest BCUT2D eigenvalue weighted by molar-refractivity contribution is -0.122. The molecule has 1 aromatic carbocycles. The molecule has 1 aliphatic heterocycles. The zero-order valence-electron chi connectivity index (χ0n) is 20.6. The molecule has 0 atom stereocenters. The maximum atomic E-state index is 14.0. The van der Waals surface area contributed by atoms with Gasteiger partial charge in [0.2, 0.25) is 5.91 Å². The summed E-state index contributed by atoms with van der Waals surface area (Å²) in [6.45, 7) is 2.70. The second kappa shape index (κ2) is 8.86. The van der Waals surface area contributed by atoms with Crippen molar-refractivity contribution in [2.24, 2.45) is 5.92 Å². The standard InChI is InChI=1S/C26H33FN6O2/c1-17-21(14-28-22(30-17)15-29-23(34)18-7-8-18)33-16-25(31-24(33)35)9-11-26(12-10-25,32(2)3)19-5-4-6-20(27)13-19/h4-6,13-14,18H,7-12,15-16H2,1-3H3,(H,29,34)(H,31,35). The molecule has 186 valence electrons. The van der Waals surface area contributed by atoms with Crippen LogP contribution in [0.5, 0.6) is 0 Å². The first-order valence-electron chi connectivity index (χ1n) is 12.3. The van der Waals surface area contributed by atoms with E-state index >= 15 is 0 Å². The minimum Gasteiger partial charge on any atom is -0.349 e. The quantitative estimate of drug-likeness (QED) is 0.663. The van der Waals surface area contributed by atoms with E-state index in [9.17, 15) is 14.0 Å². The molecule has 35 heavy (non-hydrogen) atoms. The summed E-state index contributed by atoms with van der Waals surface area (Å²) < 4.78 is 14.0. The zero-order chi connectivity index (χ0) is 24.8. The number of nitrogens with zero attached hydrogens (tertiary/aromatic N) is 4. The van der Waals surface area contributed by atoms with Crippen molar-refractivity contribution >= 4 is 17.6 Å². The van der Waals surface area contributed by atoms with Crippen LogP contribution in [-0.2, 0) is 16.9 Å². The van der Waals surface area contributed by atoms with E-state index in [1.807, 2.05) is 27.1 Å². The molecule has 2 heterocycles. The van der Waals surface area contributed by atoms with E-state index in [4.69, 9.17) is 0 Å². The first-order chi connectivity index (χ1) is 16.7. The van der Waals surface area contributed by atoms with Crippen molar-refractivity contribution in [3.63, 3.8) is 0 Å². The summed E-state index contributed by atoms with van der Waals surface area (Å²) in [5.41, 5.74) is 1.77. The lowest BCUT2D eigenvalue weighted by atomic mass is 9.69. The maximum absolute atomic E-state index is 14.0. The topological polar surface area (TPSA) is 90.5 Å². The minimum absolute atomic E-state index is 0.0560. The SMILES string of the molecule is Cc1nc(CNC(=O)C2CC2)ncc1N1CC2(CCC(c3cccc(F)c3)(N(C)C)CC2)NC1=O. The monoisotopic (exact) mass is 480 g/mol. The van der Waals surface area contributed by atoms with Gasteiger partial charge in [0, 0.05) is 11.5 Å². The van der Waals surface area contributed by atoms with E-state index in [-0.39, 0.29) is 34.8 Å².